The third-order valence-electron chi connectivity index (χ3n) is 3.18. The highest BCUT2D eigenvalue weighted by Gasteiger charge is 2.20. The van der Waals surface area contributed by atoms with Gasteiger partial charge in [0.05, 0.1) is 17.2 Å². The number of rotatable bonds is 5. The molecule has 0 spiro atoms. The molecule has 1 heterocycles. The zero-order valence-corrected chi connectivity index (χ0v) is 15.0. The number of hydrogen-bond donors (Lipinski definition) is 2. The average Bonchev–Trinajstić information content (AvgIpc) is 3.10. The van der Waals surface area contributed by atoms with Gasteiger partial charge in [0.15, 0.2) is 5.96 Å². The van der Waals surface area contributed by atoms with E-state index in [2.05, 4.69) is 27.5 Å². The molecule has 2 N–H and O–H groups in total. The van der Waals surface area contributed by atoms with Crippen molar-refractivity contribution in [1.29, 1.82) is 0 Å². The Morgan fingerprint density at radius 3 is 2.63 bits per heavy atom. The van der Waals surface area contributed by atoms with E-state index >= 15 is 0 Å². The van der Waals surface area contributed by atoms with Crippen LogP contribution in [-0.2, 0) is 6.54 Å². The maximum atomic E-state index is 4.43. The number of thiazole rings is 1. The van der Waals surface area contributed by atoms with Crippen LogP contribution in [0, 0.1) is 19.8 Å². The SMILES string of the molecule is CN=C(NCCC1CC1)NCc1sc(C)nc1C.I. The molecule has 0 unspecified atom stereocenters. The Morgan fingerprint density at radius 1 is 1.37 bits per heavy atom. The summed E-state index contributed by atoms with van der Waals surface area (Å²) in [5.74, 6) is 1.85. The number of hydrogen-bond acceptors (Lipinski definition) is 3. The van der Waals surface area contributed by atoms with Crippen molar-refractivity contribution in [3.8, 4) is 0 Å². The van der Waals surface area contributed by atoms with E-state index in [0.29, 0.717) is 0 Å². The molecule has 0 aliphatic heterocycles. The minimum atomic E-state index is 0. The van der Waals surface area contributed by atoms with Gasteiger partial charge in [0, 0.05) is 18.5 Å². The second kappa shape index (κ2) is 8.04. The average molecular weight is 394 g/mol. The van der Waals surface area contributed by atoms with Gasteiger partial charge in [-0.15, -0.1) is 35.3 Å². The van der Waals surface area contributed by atoms with E-state index in [1.165, 1.54) is 24.1 Å². The second-order valence-electron chi connectivity index (χ2n) is 4.83. The van der Waals surface area contributed by atoms with E-state index < -0.39 is 0 Å². The predicted octanol–water partition coefficient (Wildman–Crippen LogP) is 2.84. The van der Waals surface area contributed by atoms with Gasteiger partial charge in [0.2, 0.25) is 0 Å². The molecule has 0 radical (unpaired) electrons. The van der Waals surface area contributed by atoms with Gasteiger partial charge in [0.1, 0.15) is 0 Å². The summed E-state index contributed by atoms with van der Waals surface area (Å²) in [5.41, 5.74) is 1.12. The van der Waals surface area contributed by atoms with Gasteiger partial charge in [-0.1, -0.05) is 12.8 Å². The van der Waals surface area contributed by atoms with Crippen LogP contribution in [0.5, 0.6) is 0 Å². The van der Waals surface area contributed by atoms with Crippen LogP contribution in [0.2, 0.25) is 0 Å². The summed E-state index contributed by atoms with van der Waals surface area (Å²) in [7, 11) is 1.82. The number of guanidine groups is 1. The Kier molecular flexibility index (Phi) is 7.06. The molecule has 1 aromatic heterocycles. The molecular weight excluding hydrogens is 371 g/mol. The van der Waals surface area contributed by atoms with E-state index in [1.807, 2.05) is 14.0 Å². The lowest BCUT2D eigenvalue weighted by molar-refractivity contribution is 0.685. The largest absolute Gasteiger partial charge is 0.356 e. The first-order valence-corrected chi connectivity index (χ1v) is 7.38. The number of aromatic nitrogens is 1. The molecule has 4 nitrogen and oxygen atoms in total. The lowest BCUT2D eigenvalue weighted by Gasteiger charge is -2.11. The fourth-order valence-corrected chi connectivity index (χ4v) is 2.80. The first-order chi connectivity index (χ1) is 8.69. The first-order valence-electron chi connectivity index (χ1n) is 6.56. The molecule has 108 valence electrons. The summed E-state index contributed by atoms with van der Waals surface area (Å²) in [5, 5.41) is 7.83. The number of nitrogens with one attached hydrogen (secondary N) is 2. The Morgan fingerprint density at radius 2 is 2.11 bits per heavy atom. The summed E-state index contributed by atoms with van der Waals surface area (Å²) in [6.45, 7) is 5.93. The van der Waals surface area contributed by atoms with Crippen LogP contribution in [0.3, 0.4) is 0 Å². The number of aryl methyl sites for hydroxylation is 2. The fourth-order valence-electron chi connectivity index (χ4n) is 1.92. The topological polar surface area (TPSA) is 49.3 Å². The second-order valence-corrected chi connectivity index (χ2v) is 6.11. The standard InChI is InChI=1S/C13H22N4S.HI/c1-9-12(18-10(2)17-9)8-16-13(14-3)15-7-6-11-4-5-11;/h11H,4-8H2,1-3H3,(H2,14,15,16);1H. The molecular formula is C13H23IN4S. The molecule has 1 fully saturated rings. The molecule has 0 bridgehead atoms. The van der Waals surface area contributed by atoms with Gasteiger partial charge in [-0.05, 0) is 26.2 Å². The lowest BCUT2D eigenvalue weighted by atomic mass is 10.3. The van der Waals surface area contributed by atoms with Gasteiger partial charge in [-0.2, -0.15) is 0 Å². The van der Waals surface area contributed by atoms with Crippen LogP contribution in [-0.4, -0.2) is 24.5 Å². The molecule has 6 heteroatoms. The smallest absolute Gasteiger partial charge is 0.191 e. The van der Waals surface area contributed by atoms with Crippen molar-refractivity contribution in [3.63, 3.8) is 0 Å². The van der Waals surface area contributed by atoms with Crippen molar-refractivity contribution in [3.05, 3.63) is 15.6 Å². The molecule has 1 saturated carbocycles. The molecule has 19 heavy (non-hydrogen) atoms. The van der Waals surface area contributed by atoms with E-state index in [9.17, 15) is 0 Å². The van der Waals surface area contributed by atoms with Crippen LogP contribution in [0.15, 0.2) is 4.99 Å². The summed E-state index contributed by atoms with van der Waals surface area (Å²) >= 11 is 1.75. The van der Waals surface area contributed by atoms with Crippen molar-refractivity contribution >= 4 is 41.3 Å². The van der Waals surface area contributed by atoms with Crippen molar-refractivity contribution in [2.45, 2.75) is 39.7 Å². The number of nitrogens with zero attached hydrogens (tertiary/aromatic N) is 2. The molecule has 0 aromatic carbocycles. The maximum Gasteiger partial charge on any atom is 0.191 e. The summed E-state index contributed by atoms with van der Waals surface area (Å²) in [4.78, 5) is 9.95. The highest BCUT2D eigenvalue weighted by atomic mass is 127. The zero-order chi connectivity index (χ0) is 13.0. The van der Waals surface area contributed by atoms with E-state index in [1.54, 1.807) is 11.3 Å². The van der Waals surface area contributed by atoms with Gasteiger partial charge >= 0.3 is 0 Å². The van der Waals surface area contributed by atoms with Crippen LogP contribution in [0.25, 0.3) is 0 Å². The third-order valence-corrected chi connectivity index (χ3v) is 4.25. The molecule has 1 aliphatic rings. The monoisotopic (exact) mass is 394 g/mol. The maximum absolute atomic E-state index is 4.43. The van der Waals surface area contributed by atoms with Gasteiger partial charge in [-0.3, -0.25) is 4.99 Å². The minimum absolute atomic E-state index is 0. The zero-order valence-electron chi connectivity index (χ0n) is 11.8. The van der Waals surface area contributed by atoms with Crippen molar-refractivity contribution in [1.82, 2.24) is 15.6 Å². The predicted molar refractivity (Wildman–Crippen MR) is 92.5 cm³/mol. The molecule has 0 amide bonds. The van der Waals surface area contributed by atoms with Crippen LogP contribution >= 0.6 is 35.3 Å². The summed E-state index contributed by atoms with van der Waals surface area (Å²) in [6, 6.07) is 0. The minimum Gasteiger partial charge on any atom is -0.356 e. The Balaban J connectivity index is 0.00000180. The van der Waals surface area contributed by atoms with E-state index in [0.717, 1.165) is 35.7 Å². The lowest BCUT2D eigenvalue weighted by Crippen LogP contribution is -2.37. The van der Waals surface area contributed by atoms with Crippen molar-refractivity contribution in [2.24, 2.45) is 10.9 Å². The van der Waals surface area contributed by atoms with Crippen LogP contribution in [0.4, 0.5) is 0 Å². The highest BCUT2D eigenvalue weighted by Crippen LogP contribution is 2.31. The van der Waals surface area contributed by atoms with Crippen LogP contribution < -0.4 is 10.6 Å². The summed E-state index contributed by atoms with van der Waals surface area (Å²) in [6.07, 6.45) is 4.08. The fraction of sp³-hybridized carbons (Fsp3) is 0.692. The normalized spacial score (nSPS) is 15.0. The number of halogens is 1. The van der Waals surface area contributed by atoms with Crippen molar-refractivity contribution < 1.29 is 0 Å². The van der Waals surface area contributed by atoms with Gasteiger partial charge in [0.25, 0.3) is 0 Å². The Labute approximate surface area is 136 Å². The first kappa shape index (κ1) is 16.7. The van der Waals surface area contributed by atoms with Gasteiger partial charge in [-0.25, -0.2) is 4.98 Å². The third kappa shape index (κ3) is 5.64. The summed E-state index contributed by atoms with van der Waals surface area (Å²) < 4.78 is 0. The van der Waals surface area contributed by atoms with E-state index in [4.69, 9.17) is 0 Å². The van der Waals surface area contributed by atoms with Crippen molar-refractivity contribution in [2.75, 3.05) is 13.6 Å². The Bertz CT molecular complexity index is 426. The van der Waals surface area contributed by atoms with E-state index in [-0.39, 0.29) is 24.0 Å². The molecule has 1 aromatic rings. The molecule has 0 atom stereocenters. The molecule has 2 rings (SSSR count). The van der Waals surface area contributed by atoms with Crippen LogP contribution in [0.1, 0.15) is 34.8 Å². The quantitative estimate of drug-likeness (QED) is 0.459. The molecule has 1 aliphatic carbocycles. The Hall–Kier alpha value is -0.370. The van der Waals surface area contributed by atoms with Gasteiger partial charge < -0.3 is 10.6 Å². The highest BCUT2D eigenvalue weighted by molar-refractivity contribution is 14.0. The number of aliphatic imine (C=N–C) groups is 1. The molecule has 0 saturated heterocycles.